The molecule has 0 fully saturated rings. The Morgan fingerprint density at radius 3 is 2.25 bits per heavy atom. The van der Waals surface area contributed by atoms with E-state index in [0.29, 0.717) is 43.1 Å². The molecule has 0 spiro atoms. The zero-order valence-corrected chi connectivity index (χ0v) is 34.5. The molecule has 1 rings (SSSR count). The summed E-state index contributed by atoms with van der Waals surface area (Å²) in [4.78, 5) is 35.5. The number of phosphoric acid groups is 1. The quantitative estimate of drug-likeness (QED) is 0.0232. The molecule has 6 atom stereocenters. The number of rotatable bonds is 32. The Labute approximate surface area is 321 Å². The molecule has 4 N–H and O–H groups in total. The number of likely N-dealkylation sites (N-methyl/N-ethyl adjacent to an activating group) is 1. The number of unbranched alkanes of at least 4 members (excludes halogenated alkanes) is 10. The summed E-state index contributed by atoms with van der Waals surface area (Å²) in [5, 5.41) is 23.9. The lowest BCUT2D eigenvalue weighted by molar-refractivity contribution is -0.870. The van der Waals surface area contributed by atoms with Gasteiger partial charge in [-0.2, -0.15) is 0 Å². The average Bonchev–Trinajstić information content (AvgIpc) is 3.45. The van der Waals surface area contributed by atoms with E-state index in [1.54, 1.807) is 18.2 Å². The van der Waals surface area contributed by atoms with Gasteiger partial charge < -0.3 is 24.9 Å². The number of aliphatic hydroxyl groups is 2. The van der Waals surface area contributed by atoms with Gasteiger partial charge in [-0.05, 0) is 63.4 Å². The lowest BCUT2D eigenvalue weighted by Crippen LogP contribution is -2.45. The van der Waals surface area contributed by atoms with Gasteiger partial charge in [0.05, 0.1) is 46.0 Å². The molecule has 1 aliphatic carbocycles. The first-order valence-electron chi connectivity index (χ1n) is 20.2. The van der Waals surface area contributed by atoms with Crippen LogP contribution in [0.25, 0.3) is 0 Å². The van der Waals surface area contributed by atoms with Crippen LogP contribution in [0.5, 0.6) is 0 Å². The number of ketones is 1. The third kappa shape index (κ3) is 26.3. The summed E-state index contributed by atoms with van der Waals surface area (Å²) in [6.07, 6.45) is 33.5. The second kappa shape index (κ2) is 29.2. The molecule has 0 saturated heterocycles. The minimum atomic E-state index is -4.40. The summed E-state index contributed by atoms with van der Waals surface area (Å²) in [6.45, 7) is 4.47. The SMILES string of the molecule is CCCCCCCC/C=C\CC/C=C/[C@@H](O)[C@H](COP(=O)(O)OCC[N+](C)(C)C)NC(=O)CCC/C=C\C[C@H]1C=CC(=O)[C@@H]1/C=C/[C@@H](O)CCCCC. The summed E-state index contributed by atoms with van der Waals surface area (Å²) in [5.41, 5.74) is 0. The second-order valence-corrected chi connectivity index (χ2v) is 16.8. The molecule has 1 unspecified atom stereocenters. The van der Waals surface area contributed by atoms with Crippen molar-refractivity contribution in [2.24, 2.45) is 11.8 Å². The van der Waals surface area contributed by atoms with E-state index in [0.717, 1.165) is 32.1 Å². The van der Waals surface area contributed by atoms with E-state index in [1.807, 2.05) is 51.5 Å². The fourth-order valence-electron chi connectivity index (χ4n) is 5.81. The molecule has 0 bridgehead atoms. The van der Waals surface area contributed by atoms with E-state index in [2.05, 4.69) is 31.3 Å². The minimum absolute atomic E-state index is 0.0175. The molecule has 0 aromatic rings. The molecule has 0 saturated carbocycles. The molecule has 11 heteroatoms. The molecule has 1 amide bonds. The van der Waals surface area contributed by atoms with Gasteiger partial charge in [-0.25, -0.2) is 4.57 Å². The van der Waals surface area contributed by atoms with Crippen molar-refractivity contribution in [3.8, 4) is 0 Å². The van der Waals surface area contributed by atoms with Crippen LogP contribution >= 0.6 is 7.82 Å². The highest BCUT2D eigenvalue weighted by molar-refractivity contribution is 7.47. The van der Waals surface area contributed by atoms with Gasteiger partial charge in [0.25, 0.3) is 0 Å². The first kappa shape index (κ1) is 48.8. The third-order valence-corrected chi connectivity index (χ3v) is 10.2. The van der Waals surface area contributed by atoms with Crippen LogP contribution in [0.4, 0.5) is 0 Å². The molecule has 10 nitrogen and oxygen atoms in total. The summed E-state index contributed by atoms with van der Waals surface area (Å²) in [7, 11) is 1.42. The number of allylic oxidation sites excluding steroid dienone is 8. The molecule has 0 aliphatic heterocycles. The van der Waals surface area contributed by atoms with E-state index in [4.69, 9.17) is 9.05 Å². The topological polar surface area (TPSA) is 142 Å². The number of hydrogen-bond donors (Lipinski definition) is 4. The maximum absolute atomic E-state index is 12.9. The van der Waals surface area contributed by atoms with Crippen molar-refractivity contribution >= 4 is 19.5 Å². The molecule has 0 aromatic heterocycles. The van der Waals surface area contributed by atoms with Gasteiger partial charge in [0.2, 0.25) is 5.91 Å². The normalized spacial score (nSPS) is 19.6. The fourth-order valence-corrected chi connectivity index (χ4v) is 6.55. The van der Waals surface area contributed by atoms with Crippen LogP contribution in [0.1, 0.15) is 123 Å². The largest absolute Gasteiger partial charge is 0.472 e. The standard InChI is InChI=1S/C42H73N2O8P/c1-6-8-10-11-12-13-14-15-16-17-18-23-27-41(47)39(35-52-53(49,50)51-34-33-44(3,4)5)43-42(48)28-24-20-19-22-25-36-29-32-40(46)38(36)31-30-37(45)26-21-9-7-2/h15-16,19,22-23,27,29-32,36-39,41,45,47H,6-14,17-18,20-21,24-26,28,33-35H2,1-5H3,(H-,43,48,49,50)/p+1/b16-15-,22-19-,27-23+,31-30+/t36-,37-,38+,39-,41+/m0/s1. The number of aliphatic hydroxyl groups excluding tert-OH is 2. The molecular weight excluding hydrogens is 691 g/mol. The predicted octanol–water partition coefficient (Wildman–Crippen LogP) is 8.30. The summed E-state index contributed by atoms with van der Waals surface area (Å²) in [5.74, 6) is -0.481. The Kier molecular flexibility index (Phi) is 26.9. The zero-order valence-electron chi connectivity index (χ0n) is 33.6. The van der Waals surface area contributed by atoms with Crippen molar-refractivity contribution in [3.05, 3.63) is 60.8 Å². The van der Waals surface area contributed by atoms with Gasteiger partial charge in [-0.1, -0.05) is 120 Å². The van der Waals surface area contributed by atoms with Crippen LogP contribution < -0.4 is 5.32 Å². The smallest absolute Gasteiger partial charge is 0.389 e. The van der Waals surface area contributed by atoms with E-state index in [1.165, 1.54) is 38.5 Å². The van der Waals surface area contributed by atoms with Crippen molar-refractivity contribution in [1.82, 2.24) is 5.32 Å². The lowest BCUT2D eigenvalue weighted by Gasteiger charge is -2.25. The molecule has 0 heterocycles. The number of carbonyl (C=O) groups excluding carboxylic acids is 2. The van der Waals surface area contributed by atoms with Crippen LogP contribution in [-0.4, -0.2) is 90.4 Å². The van der Waals surface area contributed by atoms with Crippen LogP contribution in [-0.2, 0) is 23.2 Å². The Bertz CT molecular complexity index is 1190. The average molecular weight is 766 g/mol. The van der Waals surface area contributed by atoms with E-state index in [-0.39, 0.29) is 36.6 Å². The van der Waals surface area contributed by atoms with Crippen LogP contribution in [0.15, 0.2) is 60.8 Å². The Balaban J connectivity index is 2.61. The van der Waals surface area contributed by atoms with Gasteiger partial charge in [-0.3, -0.25) is 18.6 Å². The first-order valence-corrected chi connectivity index (χ1v) is 21.7. The molecule has 1 aliphatic rings. The van der Waals surface area contributed by atoms with Crippen molar-refractivity contribution in [2.45, 2.75) is 141 Å². The minimum Gasteiger partial charge on any atom is -0.389 e. The van der Waals surface area contributed by atoms with Crippen molar-refractivity contribution < 1.29 is 42.8 Å². The van der Waals surface area contributed by atoms with Gasteiger partial charge >= 0.3 is 7.82 Å². The van der Waals surface area contributed by atoms with E-state index >= 15 is 0 Å². The molecule has 53 heavy (non-hydrogen) atoms. The first-order chi connectivity index (χ1) is 25.3. The maximum atomic E-state index is 12.9. The second-order valence-electron chi connectivity index (χ2n) is 15.3. The number of quaternary nitrogens is 1. The van der Waals surface area contributed by atoms with Gasteiger partial charge in [0, 0.05) is 12.3 Å². The summed E-state index contributed by atoms with van der Waals surface area (Å²) in [6, 6.07) is -0.943. The third-order valence-electron chi connectivity index (χ3n) is 9.21. The van der Waals surface area contributed by atoms with Crippen molar-refractivity contribution in [2.75, 3.05) is 40.9 Å². The van der Waals surface area contributed by atoms with Gasteiger partial charge in [0.1, 0.15) is 13.2 Å². The fraction of sp³-hybridized carbons (Fsp3) is 0.714. The highest BCUT2D eigenvalue weighted by atomic mass is 31.2. The molecule has 304 valence electrons. The Morgan fingerprint density at radius 2 is 1.51 bits per heavy atom. The molecular formula is C42H74N2O8P+. The Morgan fingerprint density at radius 1 is 0.868 bits per heavy atom. The summed E-state index contributed by atoms with van der Waals surface area (Å²) >= 11 is 0. The number of hydrogen-bond acceptors (Lipinski definition) is 7. The predicted molar refractivity (Wildman–Crippen MR) is 216 cm³/mol. The van der Waals surface area contributed by atoms with Crippen molar-refractivity contribution in [3.63, 3.8) is 0 Å². The lowest BCUT2D eigenvalue weighted by atomic mass is 9.90. The molecule has 0 aromatic carbocycles. The molecule has 0 radical (unpaired) electrons. The highest BCUT2D eigenvalue weighted by Gasteiger charge is 2.28. The maximum Gasteiger partial charge on any atom is 0.472 e. The number of nitrogens with zero attached hydrogens (tertiary/aromatic N) is 1. The highest BCUT2D eigenvalue weighted by Crippen LogP contribution is 2.43. The van der Waals surface area contributed by atoms with Crippen LogP contribution in [0.2, 0.25) is 0 Å². The Hall–Kier alpha value is -2.17. The van der Waals surface area contributed by atoms with Gasteiger partial charge in [0.15, 0.2) is 5.78 Å². The van der Waals surface area contributed by atoms with Crippen molar-refractivity contribution in [1.29, 1.82) is 0 Å². The number of amides is 1. The van der Waals surface area contributed by atoms with E-state index < -0.39 is 32.7 Å². The van der Waals surface area contributed by atoms with E-state index in [9.17, 15) is 29.3 Å². The zero-order chi connectivity index (χ0) is 39.4. The number of nitrogens with one attached hydrogen (secondary N) is 1. The monoisotopic (exact) mass is 766 g/mol. The summed E-state index contributed by atoms with van der Waals surface area (Å²) < 4.78 is 23.4. The number of phosphoric ester groups is 1. The number of carbonyl (C=O) groups is 2. The van der Waals surface area contributed by atoms with Crippen LogP contribution in [0, 0.1) is 11.8 Å². The van der Waals surface area contributed by atoms with Gasteiger partial charge in [-0.15, -0.1) is 0 Å². The van der Waals surface area contributed by atoms with Crippen LogP contribution in [0.3, 0.4) is 0 Å².